The smallest absolute Gasteiger partial charge is 0.407 e. The van der Waals surface area contributed by atoms with Gasteiger partial charge in [0.25, 0.3) is 0 Å². The van der Waals surface area contributed by atoms with Gasteiger partial charge in [-0.25, -0.2) is 4.79 Å². The Morgan fingerprint density at radius 1 is 1.04 bits per heavy atom. The molecular weight excluding hydrogens is 324 g/mol. The fraction of sp³-hybridized carbons (Fsp3) is 0.947. The van der Waals surface area contributed by atoms with Crippen molar-refractivity contribution in [3.05, 3.63) is 0 Å². The Labute approximate surface area is 153 Å². The van der Waals surface area contributed by atoms with E-state index in [-0.39, 0.29) is 24.1 Å². The van der Waals surface area contributed by atoms with E-state index in [9.17, 15) is 4.79 Å². The summed E-state index contributed by atoms with van der Waals surface area (Å²) in [7, 11) is 2.07. The second kappa shape index (κ2) is 7.03. The van der Waals surface area contributed by atoms with Crippen molar-refractivity contribution in [2.75, 3.05) is 13.6 Å². The standard InChI is InChI=1S/C12H21NO2.C7H13N.ClH/c1-11(2,3)15-10(14)13-8-9-6-12(7-9)4-5-12;1-8-6-4-7(5-6)2-3-7;/h9H,4-8H2,1-3H3,(H,13,14);6,8H,2-5H2,1H3;1H. The Balaban J connectivity index is 0.000000195. The fourth-order valence-corrected chi connectivity index (χ4v) is 4.21. The average molecular weight is 359 g/mol. The molecule has 0 atom stereocenters. The fourth-order valence-electron chi connectivity index (χ4n) is 4.21. The van der Waals surface area contributed by atoms with Crippen molar-refractivity contribution >= 4 is 18.5 Å². The van der Waals surface area contributed by atoms with E-state index < -0.39 is 0 Å². The van der Waals surface area contributed by atoms with E-state index in [0.29, 0.717) is 5.92 Å². The summed E-state index contributed by atoms with van der Waals surface area (Å²) >= 11 is 0. The van der Waals surface area contributed by atoms with Gasteiger partial charge in [0, 0.05) is 12.6 Å². The van der Waals surface area contributed by atoms with E-state index in [1.807, 2.05) is 20.8 Å². The van der Waals surface area contributed by atoms with Crippen LogP contribution in [0.3, 0.4) is 0 Å². The lowest BCUT2D eigenvalue weighted by atomic mass is 9.72. The number of rotatable bonds is 3. The van der Waals surface area contributed by atoms with Crippen molar-refractivity contribution in [2.24, 2.45) is 16.7 Å². The molecule has 4 nitrogen and oxygen atoms in total. The maximum atomic E-state index is 11.3. The normalized spacial score (nSPS) is 27.8. The van der Waals surface area contributed by atoms with Crippen molar-refractivity contribution < 1.29 is 9.53 Å². The van der Waals surface area contributed by atoms with Crippen LogP contribution in [0.25, 0.3) is 0 Å². The molecule has 2 spiro atoms. The van der Waals surface area contributed by atoms with Crippen LogP contribution in [0.2, 0.25) is 0 Å². The summed E-state index contributed by atoms with van der Waals surface area (Å²) in [6, 6.07) is 0.873. The summed E-state index contributed by atoms with van der Waals surface area (Å²) in [4.78, 5) is 11.3. The van der Waals surface area contributed by atoms with Crippen LogP contribution >= 0.6 is 12.4 Å². The van der Waals surface area contributed by atoms with Crippen LogP contribution in [-0.2, 0) is 4.74 Å². The first kappa shape index (κ1) is 19.8. The lowest BCUT2D eigenvalue weighted by molar-refractivity contribution is 0.0491. The largest absolute Gasteiger partial charge is 0.444 e. The van der Waals surface area contributed by atoms with Gasteiger partial charge in [0.2, 0.25) is 0 Å². The zero-order valence-electron chi connectivity index (χ0n) is 15.7. The molecule has 0 heterocycles. The van der Waals surface area contributed by atoms with Crippen LogP contribution in [0.1, 0.15) is 72.1 Å². The van der Waals surface area contributed by atoms with E-state index in [0.717, 1.165) is 23.4 Å². The molecule has 0 bridgehead atoms. The molecule has 0 aromatic rings. The van der Waals surface area contributed by atoms with Gasteiger partial charge in [-0.2, -0.15) is 0 Å². The lowest BCUT2D eigenvalue weighted by Gasteiger charge is -2.36. The molecule has 4 saturated carbocycles. The number of amides is 1. The van der Waals surface area contributed by atoms with Crippen molar-refractivity contribution in [3.63, 3.8) is 0 Å². The number of alkyl carbamates (subject to hydrolysis) is 1. The maximum absolute atomic E-state index is 11.3. The molecule has 0 aromatic heterocycles. The van der Waals surface area contributed by atoms with Gasteiger partial charge in [-0.15, -0.1) is 12.4 Å². The molecular formula is C19H35ClN2O2. The average Bonchev–Trinajstić information content (AvgIpc) is 3.24. The molecule has 4 fully saturated rings. The Kier molecular flexibility index (Phi) is 5.81. The highest BCUT2D eigenvalue weighted by molar-refractivity contribution is 5.85. The summed E-state index contributed by atoms with van der Waals surface area (Å²) in [5.74, 6) is 0.694. The molecule has 24 heavy (non-hydrogen) atoms. The quantitative estimate of drug-likeness (QED) is 0.792. The second-order valence-corrected chi connectivity index (χ2v) is 9.55. The van der Waals surface area contributed by atoms with Gasteiger partial charge in [-0.3, -0.25) is 0 Å². The minimum Gasteiger partial charge on any atom is -0.444 e. The van der Waals surface area contributed by atoms with Crippen molar-refractivity contribution in [1.82, 2.24) is 10.6 Å². The van der Waals surface area contributed by atoms with Gasteiger partial charge < -0.3 is 15.4 Å². The third-order valence-electron chi connectivity index (χ3n) is 6.06. The molecule has 140 valence electrons. The Bertz CT molecular complexity index is 437. The highest BCUT2D eigenvalue weighted by Gasteiger charge is 2.53. The summed E-state index contributed by atoms with van der Waals surface area (Å²) in [6.07, 6.45) is 11.1. The molecule has 0 radical (unpaired) electrons. The first-order chi connectivity index (χ1) is 10.7. The number of carbonyl (C=O) groups is 1. The van der Waals surface area contributed by atoms with Crippen molar-refractivity contribution in [2.45, 2.75) is 83.8 Å². The van der Waals surface area contributed by atoms with Crippen LogP contribution in [0.4, 0.5) is 4.79 Å². The predicted octanol–water partition coefficient (Wildman–Crippen LogP) is 4.27. The highest BCUT2D eigenvalue weighted by atomic mass is 35.5. The number of carbonyl (C=O) groups excluding carboxylic acids is 1. The van der Waals surface area contributed by atoms with Crippen molar-refractivity contribution in [3.8, 4) is 0 Å². The number of nitrogens with one attached hydrogen (secondary N) is 2. The van der Waals surface area contributed by atoms with Gasteiger partial charge in [-0.05, 0) is 95.9 Å². The van der Waals surface area contributed by atoms with Gasteiger partial charge in [0.15, 0.2) is 0 Å². The van der Waals surface area contributed by atoms with E-state index in [1.165, 1.54) is 51.4 Å². The molecule has 4 rings (SSSR count). The molecule has 5 heteroatoms. The summed E-state index contributed by atoms with van der Waals surface area (Å²) in [5.41, 5.74) is 1.22. The van der Waals surface area contributed by atoms with Gasteiger partial charge in [-0.1, -0.05) is 0 Å². The Hall–Kier alpha value is -0.480. The number of hydrogen-bond donors (Lipinski definition) is 2. The van der Waals surface area contributed by atoms with Crippen LogP contribution in [0, 0.1) is 16.7 Å². The molecule has 0 unspecified atom stereocenters. The third-order valence-corrected chi connectivity index (χ3v) is 6.06. The first-order valence-electron chi connectivity index (χ1n) is 9.37. The third kappa shape index (κ3) is 5.26. The van der Waals surface area contributed by atoms with Gasteiger partial charge in [0.05, 0.1) is 0 Å². The van der Waals surface area contributed by atoms with Crippen LogP contribution < -0.4 is 10.6 Å². The Morgan fingerprint density at radius 2 is 1.54 bits per heavy atom. The molecule has 0 saturated heterocycles. The number of ether oxygens (including phenoxy) is 1. The van der Waals surface area contributed by atoms with E-state index in [2.05, 4.69) is 17.7 Å². The SMILES string of the molecule is CC(C)(C)OC(=O)NCC1CC2(CC2)C1.CNC1CC2(CC2)C1.Cl. The number of hydrogen-bond acceptors (Lipinski definition) is 3. The Morgan fingerprint density at radius 3 is 1.96 bits per heavy atom. The molecule has 0 aromatic carbocycles. The molecule has 0 aliphatic heterocycles. The van der Waals surface area contributed by atoms with Crippen LogP contribution in [0.5, 0.6) is 0 Å². The molecule has 1 amide bonds. The van der Waals surface area contributed by atoms with E-state index in [1.54, 1.807) is 0 Å². The zero-order valence-corrected chi connectivity index (χ0v) is 16.6. The zero-order chi connectivity index (χ0) is 16.7. The molecule has 4 aliphatic rings. The van der Waals surface area contributed by atoms with E-state index >= 15 is 0 Å². The minimum atomic E-state index is -0.387. The van der Waals surface area contributed by atoms with Gasteiger partial charge >= 0.3 is 6.09 Å². The van der Waals surface area contributed by atoms with Crippen molar-refractivity contribution in [1.29, 1.82) is 0 Å². The highest BCUT2D eigenvalue weighted by Crippen LogP contribution is 2.63. The van der Waals surface area contributed by atoms with Gasteiger partial charge in [0.1, 0.15) is 5.60 Å². The molecule has 2 N–H and O–H groups in total. The summed E-state index contributed by atoms with van der Waals surface area (Å²) in [5, 5.41) is 6.14. The first-order valence-corrected chi connectivity index (χ1v) is 9.37. The summed E-state index contributed by atoms with van der Waals surface area (Å²) in [6.45, 7) is 6.44. The second-order valence-electron chi connectivity index (χ2n) is 9.55. The summed E-state index contributed by atoms with van der Waals surface area (Å²) < 4.78 is 5.17. The minimum absolute atomic E-state index is 0. The van der Waals surface area contributed by atoms with Crippen LogP contribution in [-0.4, -0.2) is 31.3 Å². The number of halogens is 1. The monoisotopic (exact) mass is 358 g/mol. The van der Waals surface area contributed by atoms with E-state index in [4.69, 9.17) is 4.74 Å². The topological polar surface area (TPSA) is 50.4 Å². The predicted molar refractivity (Wildman–Crippen MR) is 99.6 cm³/mol. The van der Waals surface area contributed by atoms with Crippen LogP contribution in [0.15, 0.2) is 0 Å². The molecule has 4 aliphatic carbocycles. The lowest BCUT2D eigenvalue weighted by Crippen LogP contribution is -2.40. The maximum Gasteiger partial charge on any atom is 0.407 e.